The van der Waals surface area contributed by atoms with Gasteiger partial charge in [-0.05, 0) is 32.0 Å². The fraction of sp³-hybridized carbons (Fsp3) is 0.368. The number of sulfone groups is 1. The van der Waals surface area contributed by atoms with Gasteiger partial charge in [-0.2, -0.15) is 13.2 Å². The number of amides is 1. The van der Waals surface area contributed by atoms with Crippen LogP contribution in [0.25, 0.3) is 0 Å². The molecule has 1 aliphatic rings. The van der Waals surface area contributed by atoms with E-state index < -0.39 is 55.2 Å². The first-order chi connectivity index (χ1) is 15.1. The van der Waals surface area contributed by atoms with Crippen LogP contribution in [0, 0.1) is 5.82 Å². The molecule has 0 saturated carbocycles. The predicted octanol–water partition coefficient (Wildman–Crippen LogP) is 2.20. The summed E-state index contributed by atoms with van der Waals surface area (Å²) in [6, 6.07) is 2.34. The van der Waals surface area contributed by atoms with Crippen LogP contribution >= 0.6 is 0 Å². The number of aromatic nitrogens is 2. The summed E-state index contributed by atoms with van der Waals surface area (Å²) in [5, 5.41) is 2.27. The van der Waals surface area contributed by atoms with Gasteiger partial charge in [-0.1, -0.05) is 0 Å². The molecule has 9 nitrogen and oxygen atoms in total. The van der Waals surface area contributed by atoms with E-state index in [-0.39, 0.29) is 17.3 Å². The number of nitrogens with one attached hydrogen (secondary N) is 1. The van der Waals surface area contributed by atoms with Crippen molar-refractivity contribution in [2.45, 2.75) is 30.3 Å². The van der Waals surface area contributed by atoms with Gasteiger partial charge < -0.3 is 15.8 Å². The quantitative estimate of drug-likeness (QED) is 0.628. The van der Waals surface area contributed by atoms with Crippen molar-refractivity contribution in [1.82, 2.24) is 9.97 Å². The van der Waals surface area contributed by atoms with Gasteiger partial charge in [0.05, 0.1) is 25.3 Å². The highest BCUT2D eigenvalue weighted by Crippen LogP contribution is 2.49. The lowest BCUT2D eigenvalue weighted by Crippen LogP contribution is -2.60. The van der Waals surface area contributed by atoms with Crippen LogP contribution in [0.1, 0.15) is 29.9 Å². The number of hydrogen-bond acceptors (Lipinski definition) is 8. The number of anilines is 1. The Kier molecular flexibility index (Phi) is 5.86. The third-order valence-electron chi connectivity index (χ3n) is 5.31. The van der Waals surface area contributed by atoms with E-state index in [1.165, 1.54) is 7.11 Å². The van der Waals surface area contributed by atoms with Crippen LogP contribution in [0.5, 0.6) is 5.88 Å². The average molecular weight is 489 g/mol. The number of amidine groups is 1. The van der Waals surface area contributed by atoms with Gasteiger partial charge in [-0.15, -0.1) is 0 Å². The van der Waals surface area contributed by atoms with Gasteiger partial charge in [0.15, 0.2) is 15.4 Å². The monoisotopic (exact) mass is 489 g/mol. The molecule has 1 amide bonds. The summed E-state index contributed by atoms with van der Waals surface area (Å²) >= 11 is 0. The predicted molar refractivity (Wildman–Crippen MR) is 110 cm³/mol. The Morgan fingerprint density at radius 2 is 1.88 bits per heavy atom. The molecule has 1 atom stereocenters. The molecule has 2 aromatic rings. The Hall–Kier alpha value is -3.29. The second-order valence-electron chi connectivity index (χ2n) is 7.72. The van der Waals surface area contributed by atoms with Crippen molar-refractivity contribution in [1.29, 1.82) is 0 Å². The van der Waals surface area contributed by atoms with E-state index in [0.717, 1.165) is 32.3 Å². The summed E-state index contributed by atoms with van der Waals surface area (Å²) in [7, 11) is -3.18. The average Bonchev–Trinajstić information content (AvgIpc) is 2.72. The van der Waals surface area contributed by atoms with Crippen molar-refractivity contribution in [3.8, 4) is 5.88 Å². The van der Waals surface area contributed by atoms with Gasteiger partial charge in [-0.25, -0.2) is 27.8 Å². The zero-order valence-corrected chi connectivity index (χ0v) is 18.4. The van der Waals surface area contributed by atoms with E-state index in [2.05, 4.69) is 20.3 Å². The van der Waals surface area contributed by atoms with Gasteiger partial charge >= 0.3 is 6.18 Å². The summed E-state index contributed by atoms with van der Waals surface area (Å²) < 4.78 is 85.7. The zero-order valence-electron chi connectivity index (χ0n) is 17.6. The minimum Gasteiger partial charge on any atom is -0.480 e. The van der Waals surface area contributed by atoms with E-state index in [1.54, 1.807) is 0 Å². The summed E-state index contributed by atoms with van der Waals surface area (Å²) in [6.45, 7) is 2.23. The van der Waals surface area contributed by atoms with Crippen molar-refractivity contribution in [3.05, 3.63) is 47.7 Å². The molecular weight excluding hydrogens is 470 g/mol. The van der Waals surface area contributed by atoms with Crippen molar-refractivity contribution in [2.75, 3.05) is 18.2 Å². The molecule has 1 aromatic heterocycles. The van der Waals surface area contributed by atoms with Crippen molar-refractivity contribution >= 4 is 27.3 Å². The molecule has 178 valence electrons. The van der Waals surface area contributed by atoms with Gasteiger partial charge in [0, 0.05) is 11.3 Å². The number of halogens is 4. The number of methoxy groups -OCH3 is 1. The number of nitrogens with two attached hydrogens (primary N) is 1. The highest BCUT2D eigenvalue weighted by atomic mass is 32.2. The molecule has 1 aliphatic heterocycles. The fourth-order valence-corrected chi connectivity index (χ4v) is 4.74. The van der Waals surface area contributed by atoms with Crippen LogP contribution in [-0.2, 0) is 15.4 Å². The number of rotatable bonds is 4. The first-order valence-corrected chi connectivity index (χ1v) is 10.9. The molecule has 3 rings (SSSR count). The maximum Gasteiger partial charge on any atom is 0.418 e. The van der Waals surface area contributed by atoms with Crippen LogP contribution in [0.4, 0.5) is 23.2 Å². The number of hydrogen-bond donors (Lipinski definition) is 2. The molecule has 0 radical (unpaired) electrons. The molecule has 1 aromatic carbocycles. The van der Waals surface area contributed by atoms with E-state index >= 15 is 0 Å². The molecule has 0 saturated heterocycles. The number of ether oxygens (including phenoxy) is 1. The smallest absolute Gasteiger partial charge is 0.418 e. The Morgan fingerprint density at radius 3 is 2.39 bits per heavy atom. The summed E-state index contributed by atoms with van der Waals surface area (Å²) in [4.78, 5) is 23.4. The molecule has 33 heavy (non-hydrogen) atoms. The molecular formula is C19H19F4N5O4S. The lowest BCUT2D eigenvalue weighted by atomic mass is 9.89. The molecule has 0 bridgehead atoms. The minimum absolute atomic E-state index is 0.125. The van der Waals surface area contributed by atoms with E-state index in [4.69, 9.17) is 10.5 Å². The minimum atomic E-state index is -5.33. The van der Waals surface area contributed by atoms with Crippen LogP contribution < -0.4 is 15.8 Å². The first-order valence-electron chi connectivity index (χ1n) is 9.27. The fourth-order valence-electron chi connectivity index (χ4n) is 3.08. The van der Waals surface area contributed by atoms with Crippen molar-refractivity contribution < 1.29 is 35.5 Å². The molecule has 0 fully saturated rings. The second-order valence-corrected chi connectivity index (χ2v) is 10.3. The van der Waals surface area contributed by atoms with Crippen LogP contribution in [0.3, 0.4) is 0 Å². The third kappa shape index (κ3) is 4.10. The summed E-state index contributed by atoms with van der Waals surface area (Å²) in [6.07, 6.45) is -3.11. The maximum absolute atomic E-state index is 14.7. The number of nitrogens with zero attached hydrogens (tertiary/aromatic N) is 3. The lowest BCUT2D eigenvalue weighted by Gasteiger charge is -2.40. The maximum atomic E-state index is 14.7. The van der Waals surface area contributed by atoms with E-state index in [9.17, 15) is 30.8 Å². The highest BCUT2D eigenvalue weighted by Gasteiger charge is 2.64. The first kappa shape index (κ1) is 24.4. The standard InChI is InChI=1S/C19H19F4N5O4S/c1-17(2)16(24)28-18(19(21,22)23,9-33(17,30)31)11-6-10(4-5-12(11)20)27-15(29)13-7-26-14(32-3)8-25-13/h4-8H,9H2,1-3H3,(H2,24,28)(H,27,29). The topological polar surface area (TPSA) is 137 Å². The summed E-state index contributed by atoms with van der Waals surface area (Å²) in [5.41, 5.74) is 0.561. The Labute approximate surface area is 186 Å². The molecule has 14 heteroatoms. The van der Waals surface area contributed by atoms with Crippen LogP contribution in [0.15, 0.2) is 35.6 Å². The second kappa shape index (κ2) is 7.93. The highest BCUT2D eigenvalue weighted by molar-refractivity contribution is 7.93. The van der Waals surface area contributed by atoms with Crippen molar-refractivity contribution in [3.63, 3.8) is 0 Å². The van der Waals surface area contributed by atoms with Gasteiger partial charge in [0.25, 0.3) is 5.91 Å². The van der Waals surface area contributed by atoms with Gasteiger partial charge in [-0.3, -0.25) is 4.79 Å². The van der Waals surface area contributed by atoms with Crippen LogP contribution in [-0.4, -0.2) is 53.9 Å². The zero-order chi connectivity index (χ0) is 24.8. The molecule has 2 heterocycles. The van der Waals surface area contributed by atoms with Gasteiger partial charge in [0.2, 0.25) is 5.88 Å². The Morgan fingerprint density at radius 1 is 1.21 bits per heavy atom. The number of benzene rings is 1. The normalized spacial score (nSPS) is 21.7. The molecule has 3 N–H and O–H groups in total. The number of alkyl halides is 3. The van der Waals surface area contributed by atoms with Gasteiger partial charge in [0.1, 0.15) is 22.1 Å². The largest absolute Gasteiger partial charge is 0.480 e. The van der Waals surface area contributed by atoms with Crippen molar-refractivity contribution in [2.24, 2.45) is 10.7 Å². The molecule has 0 aliphatic carbocycles. The third-order valence-corrected chi connectivity index (χ3v) is 7.88. The number of carbonyl (C=O) groups is 1. The molecule has 0 spiro atoms. The SMILES string of the molecule is COc1cnc(C(=O)Nc2ccc(F)c(C3(C(F)(F)F)CS(=O)(=O)C(C)(C)C(N)=N3)c2)cn1. The molecule has 1 unspecified atom stereocenters. The van der Waals surface area contributed by atoms with Crippen LogP contribution in [0.2, 0.25) is 0 Å². The number of aliphatic imine (C=N–C) groups is 1. The summed E-state index contributed by atoms with van der Waals surface area (Å²) in [5.74, 6) is -4.48. The Balaban J connectivity index is 2.10. The Bertz CT molecular complexity index is 1230. The number of carbonyl (C=O) groups excluding carboxylic acids is 1. The van der Waals surface area contributed by atoms with E-state index in [1.807, 2.05) is 0 Å². The lowest BCUT2D eigenvalue weighted by molar-refractivity contribution is -0.183. The van der Waals surface area contributed by atoms with E-state index in [0.29, 0.717) is 12.1 Å².